The second kappa shape index (κ2) is 24.3. The highest BCUT2D eigenvalue weighted by Crippen LogP contribution is 2.37. The Balaban J connectivity index is 0.735. The molecule has 2 aliphatic rings. The molecule has 7 N–H and O–H groups in total. The van der Waals surface area contributed by atoms with Gasteiger partial charge in [-0.05, 0) is 85.2 Å². The van der Waals surface area contributed by atoms with E-state index in [-0.39, 0.29) is 60.9 Å². The normalized spacial score (nSPS) is 14.5. The Bertz CT molecular complexity index is 2710. The number of benzene rings is 2. The number of hydrogen-bond acceptors (Lipinski definition) is 12. The van der Waals surface area contributed by atoms with Gasteiger partial charge in [0, 0.05) is 56.5 Å². The minimum atomic E-state index is -4.83. The lowest BCUT2D eigenvalue weighted by atomic mass is 10.0. The molecule has 5 heterocycles. The van der Waals surface area contributed by atoms with Crippen LogP contribution in [0.15, 0.2) is 73.3 Å². The highest BCUT2D eigenvalue weighted by atomic mass is 19.4. The molecular formula is C50H58F3N11O7. The zero-order valence-electron chi connectivity index (χ0n) is 39.2. The van der Waals surface area contributed by atoms with Crippen LogP contribution >= 0.6 is 0 Å². The third-order valence-electron chi connectivity index (χ3n) is 12.3. The summed E-state index contributed by atoms with van der Waals surface area (Å²) < 4.78 is 44.2. The molecule has 6 amide bonds. The van der Waals surface area contributed by atoms with Crippen molar-refractivity contribution in [1.82, 2.24) is 40.8 Å². The summed E-state index contributed by atoms with van der Waals surface area (Å²) in [5.41, 5.74) is 11.6. The van der Waals surface area contributed by atoms with E-state index in [1.807, 2.05) is 29.0 Å². The van der Waals surface area contributed by atoms with Crippen molar-refractivity contribution in [2.24, 2.45) is 0 Å². The average Bonchev–Trinajstić information content (AvgIpc) is 3.94. The second-order valence-electron chi connectivity index (χ2n) is 17.6. The van der Waals surface area contributed by atoms with Crippen molar-refractivity contribution >= 4 is 63.7 Å². The van der Waals surface area contributed by atoms with Crippen molar-refractivity contribution in [3.63, 3.8) is 0 Å². The molecule has 376 valence electrons. The van der Waals surface area contributed by atoms with Gasteiger partial charge in [0.25, 0.3) is 5.91 Å². The quantitative estimate of drug-likeness (QED) is 0.0313. The smallest absolute Gasteiger partial charge is 0.406 e. The van der Waals surface area contributed by atoms with E-state index in [1.54, 1.807) is 17.0 Å². The first-order chi connectivity index (χ1) is 34.2. The predicted octanol–water partition coefficient (Wildman–Crippen LogP) is 5.89. The molecule has 3 aromatic heterocycles. The molecule has 5 aromatic rings. The van der Waals surface area contributed by atoms with Crippen molar-refractivity contribution in [2.75, 3.05) is 42.1 Å². The van der Waals surface area contributed by atoms with Crippen molar-refractivity contribution < 1.29 is 46.7 Å². The van der Waals surface area contributed by atoms with Gasteiger partial charge in [-0.15, -0.1) is 13.2 Å². The zero-order chi connectivity index (χ0) is 50.3. The molecule has 1 unspecified atom stereocenters. The summed E-state index contributed by atoms with van der Waals surface area (Å²) in [5.74, 6) is -1.86. The number of fused-ring (bicyclic) bond motifs is 2. The van der Waals surface area contributed by atoms with Gasteiger partial charge in [-0.3, -0.25) is 34.1 Å². The molecule has 0 spiro atoms. The molecule has 0 bridgehead atoms. The molecule has 2 aromatic carbocycles. The number of hydrogen-bond donors (Lipinski definition) is 6. The van der Waals surface area contributed by atoms with E-state index in [4.69, 9.17) is 5.73 Å². The third kappa shape index (κ3) is 14.7. The number of carbonyl (C=O) groups is 6. The number of halogens is 3. The SMILES string of the molecule is Nc1ncnc2c1c(-c1ccc3c(c1)CCN3C(=O)Cc1cccc(OC(F)(F)F)c1)cn2CCCNC(=O)CCCCCCCCCCNC(=O)CNc1ccc(C(=O)NC2CCC(=O)NC2=O)nc1. The molecule has 0 radical (unpaired) electrons. The number of nitrogen functional groups attached to an aromatic ring is 1. The fourth-order valence-electron chi connectivity index (χ4n) is 8.69. The highest BCUT2D eigenvalue weighted by Gasteiger charge is 2.32. The first-order valence-corrected chi connectivity index (χ1v) is 24.0. The van der Waals surface area contributed by atoms with Crippen LogP contribution in [0.4, 0.5) is 30.4 Å². The van der Waals surface area contributed by atoms with Crippen molar-refractivity contribution in [3.8, 4) is 16.9 Å². The number of amides is 6. The van der Waals surface area contributed by atoms with Crippen molar-refractivity contribution in [2.45, 2.75) is 109 Å². The summed E-state index contributed by atoms with van der Waals surface area (Å²) in [5, 5.41) is 14.4. The van der Waals surface area contributed by atoms with Gasteiger partial charge in [0.15, 0.2) is 0 Å². The third-order valence-corrected chi connectivity index (χ3v) is 12.3. The minimum absolute atomic E-state index is 0.0177. The minimum Gasteiger partial charge on any atom is -0.406 e. The Hall–Kier alpha value is -7.58. The molecule has 7 rings (SSSR count). The fourth-order valence-corrected chi connectivity index (χ4v) is 8.69. The zero-order valence-corrected chi connectivity index (χ0v) is 39.2. The monoisotopic (exact) mass is 981 g/mol. The van der Waals surface area contributed by atoms with E-state index in [0.717, 1.165) is 73.7 Å². The number of aromatic nitrogens is 4. The number of ether oxygens (including phenoxy) is 1. The van der Waals surface area contributed by atoms with Crippen LogP contribution in [-0.4, -0.2) is 93.5 Å². The van der Waals surface area contributed by atoms with Crippen LogP contribution in [0.5, 0.6) is 5.75 Å². The van der Waals surface area contributed by atoms with Gasteiger partial charge >= 0.3 is 6.36 Å². The van der Waals surface area contributed by atoms with E-state index in [0.29, 0.717) is 73.5 Å². The standard InChI is InChI=1S/C50H58F3N11O7/c51-50(52,53)71-36-12-9-11-32(25-36)26-44(68)64-24-20-34-27-33(14-18-40(34)64)37-30-63(47-45(37)46(54)59-31-60-47)23-10-22-55-41(65)13-7-5-3-1-2-4-6-8-21-56-43(67)29-57-35-15-16-38(58-28-35)48(69)61-39-17-19-42(66)62-49(39)70/h9,11-12,14-16,18,25,27-28,30-31,39,57H,1-8,10,13,17,19-24,26,29H2,(H,55,65)(H,56,67)(H,61,69)(H2,54,59,60)(H,62,66,70). The van der Waals surface area contributed by atoms with Crippen LogP contribution in [0.25, 0.3) is 22.2 Å². The van der Waals surface area contributed by atoms with Crippen LogP contribution in [0.2, 0.25) is 0 Å². The Kier molecular flexibility index (Phi) is 17.6. The number of imide groups is 1. The maximum Gasteiger partial charge on any atom is 0.573 e. The van der Waals surface area contributed by atoms with E-state index < -0.39 is 24.2 Å². The maximum atomic E-state index is 13.3. The molecule has 0 aliphatic carbocycles. The van der Waals surface area contributed by atoms with Crippen LogP contribution in [0, 0.1) is 0 Å². The van der Waals surface area contributed by atoms with Crippen LogP contribution in [0.1, 0.15) is 98.7 Å². The number of aryl methyl sites for hydroxylation is 1. The van der Waals surface area contributed by atoms with E-state index >= 15 is 0 Å². The van der Waals surface area contributed by atoms with E-state index in [9.17, 15) is 41.9 Å². The Morgan fingerprint density at radius 2 is 1.61 bits per heavy atom. The summed E-state index contributed by atoms with van der Waals surface area (Å²) in [4.78, 5) is 88.4. The topological polar surface area (TPSA) is 245 Å². The lowest BCUT2D eigenvalue weighted by Crippen LogP contribution is -2.52. The lowest BCUT2D eigenvalue weighted by Gasteiger charge is -2.21. The van der Waals surface area contributed by atoms with Crippen molar-refractivity contribution in [1.29, 1.82) is 0 Å². The number of pyridine rings is 1. The second-order valence-corrected chi connectivity index (χ2v) is 17.6. The maximum absolute atomic E-state index is 13.3. The van der Waals surface area contributed by atoms with Crippen LogP contribution in [-0.2, 0) is 43.4 Å². The molecule has 1 atom stereocenters. The number of unbranched alkanes of at least 4 members (excludes halogenated alkanes) is 7. The predicted molar refractivity (Wildman–Crippen MR) is 259 cm³/mol. The number of alkyl halides is 3. The first-order valence-electron chi connectivity index (χ1n) is 24.0. The summed E-state index contributed by atoms with van der Waals surface area (Å²) in [6.45, 7) is 2.13. The molecule has 0 saturated carbocycles. The number of nitrogens with zero attached hydrogens (tertiary/aromatic N) is 5. The van der Waals surface area contributed by atoms with Crippen molar-refractivity contribution in [3.05, 3.63) is 90.1 Å². The van der Waals surface area contributed by atoms with Gasteiger partial charge in [-0.1, -0.05) is 56.7 Å². The van der Waals surface area contributed by atoms with Gasteiger partial charge < -0.3 is 41.2 Å². The number of anilines is 3. The Morgan fingerprint density at radius 1 is 0.845 bits per heavy atom. The summed E-state index contributed by atoms with van der Waals surface area (Å²) in [6.07, 6.45) is 9.97. The fraction of sp³-hybridized carbons (Fsp3) is 0.420. The largest absolute Gasteiger partial charge is 0.573 e. The van der Waals surface area contributed by atoms with Gasteiger partial charge in [0.05, 0.1) is 30.2 Å². The van der Waals surface area contributed by atoms with Gasteiger partial charge in [-0.25, -0.2) is 15.0 Å². The van der Waals surface area contributed by atoms with Gasteiger partial charge in [0.1, 0.15) is 35.3 Å². The Labute approximate surface area is 408 Å². The molecule has 1 saturated heterocycles. The van der Waals surface area contributed by atoms with E-state index in [1.165, 1.54) is 36.8 Å². The van der Waals surface area contributed by atoms with E-state index in [2.05, 4.69) is 46.3 Å². The highest BCUT2D eigenvalue weighted by molar-refractivity contribution is 6.04. The van der Waals surface area contributed by atoms with Gasteiger partial charge in [0.2, 0.25) is 29.5 Å². The summed E-state index contributed by atoms with van der Waals surface area (Å²) >= 11 is 0. The summed E-state index contributed by atoms with van der Waals surface area (Å²) in [6, 6.07) is 13.6. The van der Waals surface area contributed by atoms with Crippen LogP contribution in [0.3, 0.4) is 0 Å². The molecule has 2 aliphatic heterocycles. The molecule has 71 heavy (non-hydrogen) atoms. The van der Waals surface area contributed by atoms with Crippen LogP contribution < -0.4 is 42.0 Å². The van der Waals surface area contributed by atoms with Gasteiger partial charge in [-0.2, -0.15) is 0 Å². The number of carbonyl (C=O) groups excluding carboxylic acids is 6. The molecule has 1 fully saturated rings. The number of rotatable bonds is 24. The lowest BCUT2D eigenvalue weighted by molar-refractivity contribution is -0.274. The summed E-state index contributed by atoms with van der Waals surface area (Å²) in [7, 11) is 0. The molecule has 21 heteroatoms. The number of nitrogens with two attached hydrogens (primary N) is 1. The molecule has 18 nitrogen and oxygen atoms in total. The number of nitrogens with one attached hydrogen (secondary N) is 5. The Morgan fingerprint density at radius 3 is 2.37 bits per heavy atom. The first kappa shape index (κ1) is 51.3. The number of piperidine rings is 1. The average molecular weight is 982 g/mol. The molecular weight excluding hydrogens is 924 g/mol.